The number of aromatic nitrogens is 1. The molecule has 9 heteroatoms. The van der Waals surface area contributed by atoms with Gasteiger partial charge in [0.05, 0.1) is 0 Å². The molecule has 1 N–H and O–H groups in total. The SMILES string of the molecule is CC[C@@]1(C)NC(=O)N(CC(=O)OCC(=O)c2cc(C)n(-c3ccc(C)c(F)c3)c2C)C1=O. The number of imide groups is 1. The first kappa shape index (κ1) is 23.2. The van der Waals surface area contributed by atoms with Crippen LogP contribution in [0.25, 0.3) is 5.69 Å². The van der Waals surface area contributed by atoms with Gasteiger partial charge in [-0.15, -0.1) is 0 Å². The molecule has 0 aliphatic carbocycles. The molecule has 3 rings (SSSR count). The number of hydrogen-bond donors (Lipinski definition) is 1. The number of carbonyl (C=O) groups is 4. The minimum absolute atomic E-state index is 0.338. The fourth-order valence-corrected chi connectivity index (χ4v) is 3.69. The van der Waals surface area contributed by atoms with Gasteiger partial charge >= 0.3 is 12.0 Å². The Kier molecular flexibility index (Phi) is 6.20. The van der Waals surface area contributed by atoms with Crippen LogP contribution in [0.15, 0.2) is 24.3 Å². The molecule has 0 saturated carbocycles. The van der Waals surface area contributed by atoms with E-state index in [1.54, 1.807) is 57.4 Å². The Morgan fingerprint density at radius 1 is 1.16 bits per heavy atom. The molecular formula is C23H26FN3O5. The fourth-order valence-electron chi connectivity index (χ4n) is 3.69. The Morgan fingerprint density at radius 3 is 2.44 bits per heavy atom. The van der Waals surface area contributed by atoms with Crippen LogP contribution in [0, 0.1) is 26.6 Å². The molecule has 1 fully saturated rings. The molecule has 3 amide bonds. The Balaban J connectivity index is 1.68. The molecule has 0 bridgehead atoms. The summed E-state index contributed by atoms with van der Waals surface area (Å²) in [6, 6.07) is 5.79. The number of Topliss-reactive ketones (excluding diaryl/α,β-unsaturated/α-hetero) is 1. The number of aryl methyl sites for hydroxylation is 2. The summed E-state index contributed by atoms with van der Waals surface area (Å²) in [7, 11) is 0. The zero-order valence-corrected chi connectivity index (χ0v) is 18.7. The highest BCUT2D eigenvalue weighted by atomic mass is 19.1. The number of ether oxygens (including phenoxy) is 1. The number of nitrogens with one attached hydrogen (secondary N) is 1. The van der Waals surface area contributed by atoms with Crippen molar-refractivity contribution < 1.29 is 28.3 Å². The normalized spacial score (nSPS) is 18.1. The van der Waals surface area contributed by atoms with E-state index in [0.29, 0.717) is 28.9 Å². The molecule has 170 valence electrons. The number of benzene rings is 1. The summed E-state index contributed by atoms with van der Waals surface area (Å²) in [4.78, 5) is 50.0. The van der Waals surface area contributed by atoms with Gasteiger partial charge in [0, 0.05) is 22.6 Å². The molecule has 1 atom stereocenters. The van der Waals surface area contributed by atoms with E-state index in [1.807, 2.05) is 0 Å². The van der Waals surface area contributed by atoms with E-state index in [0.717, 1.165) is 10.6 Å². The van der Waals surface area contributed by atoms with Crippen LogP contribution in [-0.4, -0.2) is 51.8 Å². The minimum atomic E-state index is -1.06. The van der Waals surface area contributed by atoms with Crippen molar-refractivity contribution in [2.24, 2.45) is 0 Å². The summed E-state index contributed by atoms with van der Waals surface area (Å²) in [5.74, 6) is -2.17. The maximum absolute atomic E-state index is 14.0. The minimum Gasteiger partial charge on any atom is -0.456 e. The molecule has 1 saturated heterocycles. The van der Waals surface area contributed by atoms with E-state index in [1.165, 1.54) is 6.07 Å². The number of nitrogens with zero attached hydrogens (tertiary/aromatic N) is 2. The maximum atomic E-state index is 14.0. The third-order valence-electron chi connectivity index (χ3n) is 5.85. The lowest BCUT2D eigenvalue weighted by molar-refractivity contribution is -0.146. The van der Waals surface area contributed by atoms with Gasteiger partial charge in [0.2, 0.25) is 5.78 Å². The lowest BCUT2D eigenvalue weighted by Crippen LogP contribution is -2.43. The first-order valence-corrected chi connectivity index (χ1v) is 10.3. The standard InChI is InChI=1S/C23H26FN3O5/c1-6-23(5)21(30)26(22(31)25-23)11-20(29)32-12-19(28)17-9-14(3)27(15(17)4)16-8-7-13(2)18(24)10-16/h7-10H,6,11-12H2,1-5H3,(H,25,31)/t23-/m1/s1. The number of hydrogen-bond acceptors (Lipinski definition) is 5. The third kappa shape index (κ3) is 4.15. The molecule has 1 aromatic carbocycles. The summed E-state index contributed by atoms with van der Waals surface area (Å²) < 4.78 is 20.8. The highest BCUT2D eigenvalue weighted by Crippen LogP contribution is 2.23. The quantitative estimate of drug-likeness (QED) is 0.403. The molecule has 32 heavy (non-hydrogen) atoms. The van der Waals surface area contributed by atoms with Gasteiger partial charge in [-0.25, -0.2) is 9.18 Å². The fraction of sp³-hybridized carbons (Fsp3) is 0.391. The molecule has 0 spiro atoms. The van der Waals surface area contributed by atoms with Crippen LogP contribution in [0.4, 0.5) is 9.18 Å². The van der Waals surface area contributed by atoms with Gasteiger partial charge in [0.25, 0.3) is 5.91 Å². The van der Waals surface area contributed by atoms with E-state index in [9.17, 15) is 23.6 Å². The molecule has 1 aliphatic rings. The van der Waals surface area contributed by atoms with Crippen molar-refractivity contribution in [2.75, 3.05) is 13.2 Å². The molecule has 0 unspecified atom stereocenters. The highest BCUT2D eigenvalue weighted by molar-refractivity contribution is 6.08. The van der Waals surface area contributed by atoms with Gasteiger partial charge in [0.15, 0.2) is 6.61 Å². The predicted octanol–water partition coefficient (Wildman–Crippen LogP) is 2.99. The van der Waals surface area contributed by atoms with E-state index in [-0.39, 0.29) is 5.82 Å². The van der Waals surface area contributed by atoms with Gasteiger partial charge in [-0.2, -0.15) is 0 Å². The number of amides is 3. The second kappa shape index (κ2) is 8.57. The van der Waals surface area contributed by atoms with Gasteiger partial charge in [-0.1, -0.05) is 13.0 Å². The topological polar surface area (TPSA) is 97.7 Å². The van der Waals surface area contributed by atoms with Crippen LogP contribution in [0.3, 0.4) is 0 Å². The summed E-state index contributed by atoms with van der Waals surface area (Å²) in [5, 5.41) is 2.55. The van der Waals surface area contributed by atoms with Crippen molar-refractivity contribution in [3.05, 3.63) is 52.6 Å². The molecule has 1 aliphatic heterocycles. The Morgan fingerprint density at radius 2 is 1.84 bits per heavy atom. The van der Waals surface area contributed by atoms with Crippen LogP contribution < -0.4 is 5.32 Å². The predicted molar refractivity (Wildman–Crippen MR) is 114 cm³/mol. The number of esters is 1. The first-order chi connectivity index (χ1) is 15.0. The lowest BCUT2D eigenvalue weighted by Gasteiger charge is -2.18. The molecule has 8 nitrogen and oxygen atoms in total. The largest absolute Gasteiger partial charge is 0.456 e. The molecule has 2 aromatic rings. The summed E-state index contributed by atoms with van der Waals surface area (Å²) in [5.41, 5.74) is 1.68. The van der Waals surface area contributed by atoms with E-state index >= 15 is 0 Å². The van der Waals surface area contributed by atoms with E-state index in [4.69, 9.17) is 4.74 Å². The van der Waals surface area contributed by atoms with Gasteiger partial charge in [-0.05, 0) is 57.9 Å². The molecule has 2 heterocycles. The second-order valence-corrected chi connectivity index (χ2v) is 8.14. The van der Waals surface area contributed by atoms with Crippen molar-refractivity contribution in [3.8, 4) is 5.69 Å². The lowest BCUT2D eigenvalue weighted by atomic mass is 9.99. The van der Waals surface area contributed by atoms with Crippen molar-refractivity contribution in [3.63, 3.8) is 0 Å². The number of ketones is 1. The van der Waals surface area contributed by atoms with Gasteiger partial charge < -0.3 is 14.6 Å². The average molecular weight is 443 g/mol. The van der Waals surface area contributed by atoms with Crippen LogP contribution in [-0.2, 0) is 14.3 Å². The third-order valence-corrected chi connectivity index (χ3v) is 5.85. The number of carbonyl (C=O) groups excluding carboxylic acids is 4. The zero-order chi connectivity index (χ0) is 23.8. The summed E-state index contributed by atoms with van der Waals surface area (Å²) in [6.45, 7) is 7.39. The average Bonchev–Trinajstić information content (AvgIpc) is 3.16. The van der Waals surface area contributed by atoms with Crippen molar-refractivity contribution >= 4 is 23.7 Å². The van der Waals surface area contributed by atoms with Gasteiger partial charge in [-0.3, -0.25) is 19.3 Å². The second-order valence-electron chi connectivity index (χ2n) is 8.14. The number of rotatable bonds is 7. The van der Waals surface area contributed by atoms with Crippen LogP contribution >= 0.6 is 0 Å². The highest BCUT2D eigenvalue weighted by Gasteiger charge is 2.47. The Bertz CT molecular complexity index is 1120. The van der Waals surface area contributed by atoms with Crippen LogP contribution in [0.1, 0.15) is 47.6 Å². The molecule has 0 radical (unpaired) electrons. The van der Waals surface area contributed by atoms with Crippen molar-refractivity contribution in [1.29, 1.82) is 0 Å². The van der Waals surface area contributed by atoms with Crippen LogP contribution in [0.2, 0.25) is 0 Å². The zero-order valence-electron chi connectivity index (χ0n) is 18.7. The monoisotopic (exact) mass is 443 g/mol. The maximum Gasteiger partial charge on any atom is 0.326 e. The van der Waals surface area contributed by atoms with Crippen molar-refractivity contribution in [2.45, 2.75) is 46.6 Å². The Hall–Kier alpha value is -3.49. The van der Waals surface area contributed by atoms with Crippen molar-refractivity contribution in [1.82, 2.24) is 14.8 Å². The number of urea groups is 1. The molecular weight excluding hydrogens is 417 g/mol. The summed E-state index contributed by atoms with van der Waals surface area (Å²) >= 11 is 0. The van der Waals surface area contributed by atoms with Gasteiger partial charge in [0.1, 0.15) is 17.9 Å². The van der Waals surface area contributed by atoms with E-state index in [2.05, 4.69) is 5.32 Å². The molecule has 1 aromatic heterocycles. The first-order valence-electron chi connectivity index (χ1n) is 10.3. The number of halogens is 1. The smallest absolute Gasteiger partial charge is 0.326 e. The summed E-state index contributed by atoms with van der Waals surface area (Å²) in [6.07, 6.45) is 0.377. The Labute approximate surface area is 185 Å². The van der Waals surface area contributed by atoms with E-state index < -0.39 is 42.4 Å². The van der Waals surface area contributed by atoms with Crippen LogP contribution in [0.5, 0.6) is 0 Å².